The number of methoxy groups -OCH3 is 1. The minimum absolute atomic E-state index is 0.0292. The van der Waals surface area contributed by atoms with Gasteiger partial charge >= 0.3 is 0 Å². The van der Waals surface area contributed by atoms with E-state index in [1.54, 1.807) is 7.11 Å². The number of amides is 1. The number of nitrogens with one attached hydrogen (secondary N) is 1. The number of ketones is 1. The topological polar surface area (TPSA) is 60.3 Å². The molecule has 1 unspecified atom stereocenters. The molecule has 0 bridgehead atoms. The van der Waals surface area contributed by atoms with Gasteiger partial charge in [-0.15, -0.1) is 0 Å². The molecule has 1 aliphatic heterocycles. The largest absolute Gasteiger partial charge is 0.497 e. The smallest absolute Gasteiger partial charge is 0.251 e. The van der Waals surface area contributed by atoms with Crippen molar-refractivity contribution in [3.8, 4) is 5.75 Å². The van der Waals surface area contributed by atoms with Crippen LogP contribution in [0, 0.1) is 5.41 Å². The molecule has 194 valence electrons. The highest BCUT2D eigenvalue weighted by Gasteiger charge is 2.57. The first-order valence-corrected chi connectivity index (χ1v) is 15.4. The van der Waals surface area contributed by atoms with Crippen LogP contribution in [-0.4, -0.2) is 52.7 Å². The molecule has 1 amide bonds. The number of hydrogen-bond acceptors (Lipinski definition) is 3. The fourth-order valence-electron chi connectivity index (χ4n) is 6.63. The van der Waals surface area contributed by atoms with Crippen molar-refractivity contribution in [2.45, 2.75) is 57.5 Å². The molecule has 1 saturated carbocycles. The van der Waals surface area contributed by atoms with Gasteiger partial charge in [-0.25, -0.2) is 9.21 Å². The summed E-state index contributed by atoms with van der Waals surface area (Å²) >= 11 is 0. The number of hydrogen-bond donors (Lipinski definition) is 1. The fraction of sp³-hybridized carbons (Fsp3) is 0.419. The van der Waals surface area contributed by atoms with Crippen LogP contribution in [0.25, 0.3) is 10.9 Å². The Bertz CT molecular complexity index is 1540. The highest BCUT2D eigenvalue weighted by molar-refractivity contribution is 8.27. The Labute approximate surface area is 219 Å². The number of carbonyl (C=O) groups excluding carboxylic acids is 2. The highest BCUT2D eigenvalue weighted by atomic mass is 32.2. The van der Waals surface area contributed by atoms with E-state index in [-0.39, 0.29) is 23.1 Å². The van der Waals surface area contributed by atoms with E-state index in [2.05, 4.69) is 47.6 Å². The molecule has 3 aliphatic rings. The molecule has 1 saturated heterocycles. The lowest BCUT2D eigenvalue weighted by Crippen LogP contribution is -2.37. The molecule has 1 spiro atoms. The summed E-state index contributed by atoms with van der Waals surface area (Å²) in [5.41, 5.74) is 4.40. The SMILES string of the molecule is C=S1(=C)CCC(NC(=O)c2ccc3c(c2)c2c(n3Cc3ccc(OC)cc3)C(=O)C(C)(C)CC23CC3)C1. The van der Waals surface area contributed by atoms with Crippen molar-refractivity contribution in [2.24, 2.45) is 5.41 Å². The summed E-state index contributed by atoms with van der Waals surface area (Å²) < 4.78 is 7.53. The van der Waals surface area contributed by atoms with Crippen molar-refractivity contribution in [3.63, 3.8) is 0 Å². The summed E-state index contributed by atoms with van der Waals surface area (Å²) in [5.74, 6) is 11.4. The van der Waals surface area contributed by atoms with E-state index >= 15 is 0 Å². The number of nitrogens with zero attached hydrogens (tertiary/aromatic N) is 1. The van der Waals surface area contributed by atoms with Gasteiger partial charge in [0.15, 0.2) is 5.78 Å². The molecule has 2 heterocycles. The summed E-state index contributed by atoms with van der Waals surface area (Å²) in [5, 5.41) is 4.28. The van der Waals surface area contributed by atoms with E-state index in [0.29, 0.717) is 12.1 Å². The number of benzene rings is 2. The first kappa shape index (κ1) is 24.4. The van der Waals surface area contributed by atoms with Crippen LogP contribution in [0.2, 0.25) is 0 Å². The number of aromatic nitrogens is 1. The minimum atomic E-state index is -1.09. The third-order valence-corrected chi connectivity index (χ3v) is 10.8. The molecule has 0 radical (unpaired) electrons. The second-order valence-corrected chi connectivity index (χ2v) is 15.3. The van der Waals surface area contributed by atoms with Crippen LogP contribution < -0.4 is 10.1 Å². The van der Waals surface area contributed by atoms with Gasteiger partial charge in [0.05, 0.1) is 12.8 Å². The normalized spacial score (nSPS) is 22.7. The lowest BCUT2D eigenvalue weighted by Gasteiger charge is -2.35. The monoisotopic (exact) mass is 516 g/mol. The lowest BCUT2D eigenvalue weighted by molar-refractivity contribution is 0.0776. The fourth-order valence-corrected chi connectivity index (χ4v) is 8.68. The Morgan fingerprint density at radius 2 is 1.89 bits per heavy atom. The quantitative estimate of drug-likeness (QED) is 0.455. The second-order valence-electron chi connectivity index (χ2n) is 12.1. The van der Waals surface area contributed by atoms with Crippen LogP contribution in [-0.2, 0) is 12.0 Å². The maximum atomic E-state index is 13.9. The molecule has 2 fully saturated rings. The van der Waals surface area contributed by atoms with E-state index in [1.165, 1.54) is 0 Å². The van der Waals surface area contributed by atoms with Gasteiger partial charge in [0.1, 0.15) is 5.75 Å². The van der Waals surface area contributed by atoms with E-state index in [0.717, 1.165) is 70.7 Å². The third-order valence-electron chi connectivity index (χ3n) is 8.61. The zero-order valence-corrected chi connectivity index (χ0v) is 22.9. The molecule has 37 heavy (non-hydrogen) atoms. The average Bonchev–Trinajstić information content (AvgIpc) is 3.41. The van der Waals surface area contributed by atoms with Crippen LogP contribution in [0.5, 0.6) is 5.75 Å². The first-order valence-electron chi connectivity index (χ1n) is 13.1. The summed E-state index contributed by atoms with van der Waals surface area (Å²) in [6.07, 6.45) is 3.99. The van der Waals surface area contributed by atoms with Gasteiger partial charge in [-0.1, -0.05) is 37.7 Å². The second kappa shape index (κ2) is 8.26. The van der Waals surface area contributed by atoms with Crippen LogP contribution in [0.3, 0.4) is 0 Å². The van der Waals surface area contributed by atoms with Crippen molar-refractivity contribution in [3.05, 3.63) is 64.8 Å². The zero-order chi connectivity index (χ0) is 26.2. The maximum Gasteiger partial charge on any atom is 0.251 e. The first-order chi connectivity index (χ1) is 17.5. The minimum Gasteiger partial charge on any atom is -0.497 e. The molecule has 1 aromatic heterocycles. The third kappa shape index (κ3) is 4.10. The molecule has 6 heteroatoms. The molecular weight excluding hydrogens is 480 g/mol. The van der Waals surface area contributed by atoms with Crippen LogP contribution in [0.15, 0.2) is 42.5 Å². The number of fused-ring (bicyclic) bond motifs is 4. The van der Waals surface area contributed by atoms with E-state index in [9.17, 15) is 9.59 Å². The highest BCUT2D eigenvalue weighted by Crippen LogP contribution is 2.61. The Morgan fingerprint density at radius 3 is 2.51 bits per heavy atom. The molecule has 1 N–H and O–H groups in total. The van der Waals surface area contributed by atoms with Crippen molar-refractivity contribution < 1.29 is 14.3 Å². The summed E-state index contributed by atoms with van der Waals surface area (Å²) in [6.45, 7) is 4.77. The average molecular weight is 517 g/mol. The molecular formula is C31H36N2O3S. The van der Waals surface area contributed by atoms with Gasteiger partial charge < -0.3 is 14.6 Å². The standard InChI is InChI=1S/C31H36N2O3S/c1-30(2)19-31(13-14-31)26-24-16-21(29(35)32-22-12-15-37(4,5)18-22)8-11-25(24)33(27(26)28(30)34)17-20-6-9-23(36-3)10-7-20/h6-11,16,22H,4-5,12-15,17-19H2,1-3H3,(H,32,35). The molecule has 5 nitrogen and oxygen atoms in total. The molecule has 2 aliphatic carbocycles. The zero-order valence-electron chi connectivity index (χ0n) is 22.1. The van der Waals surface area contributed by atoms with E-state index in [1.807, 2.05) is 30.3 Å². The lowest BCUT2D eigenvalue weighted by atomic mass is 9.68. The van der Waals surface area contributed by atoms with Crippen molar-refractivity contribution in [2.75, 3.05) is 18.6 Å². The summed E-state index contributed by atoms with van der Waals surface area (Å²) in [4.78, 5) is 27.2. The van der Waals surface area contributed by atoms with Crippen molar-refractivity contribution >= 4 is 43.5 Å². The number of carbonyl (C=O) groups is 2. The van der Waals surface area contributed by atoms with Crippen LogP contribution >= 0.6 is 9.21 Å². The van der Waals surface area contributed by atoms with Crippen molar-refractivity contribution in [1.82, 2.24) is 9.88 Å². The molecule has 6 rings (SSSR count). The van der Waals surface area contributed by atoms with Gasteiger partial charge in [-0.3, -0.25) is 9.59 Å². The number of ether oxygens (including phenoxy) is 1. The summed E-state index contributed by atoms with van der Waals surface area (Å²) in [7, 11) is 0.575. The van der Waals surface area contributed by atoms with Crippen LogP contribution in [0.1, 0.15) is 71.5 Å². The molecule has 2 aromatic carbocycles. The van der Waals surface area contributed by atoms with Gasteiger partial charge in [0.25, 0.3) is 5.91 Å². The Kier molecular flexibility index (Phi) is 5.43. The predicted octanol–water partition coefficient (Wildman–Crippen LogP) is 5.51. The number of rotatable bonds is 5. The Hall–Kier alpha value is -2.99. The van der Waals surface area contributed by atoms with E-state index < -0.39 is 14.6 Å². The Balaban J connectivity index is 1.45. The van der Waals surface area contributed by atoms with Crippen molar-refractivity contribution in [1.29, 1.82) is 0 Å². The predicted molar refractivity (Wildman–Crippen MR) is 155 cm³/mol. The molecule has 1 atom stereocenters. The summed E-state index contributed by atoms with van der Waals surface area (Å²) in [6, 6.07) is 14.1. The van der Waals surface area contributed by atoms with Gasteiger partial charge in [0.2, 0.25) is 0 Å². The number of Topliss-reactive ketones (excluding diaryl/α,β-unsaturated/α-hetero) is 1. The van der Waals surface area contributed by atoms with Gasteiger partial charge in [-0.2, -0.15) is 0 Å². The Morgan fingerprint density at radius 1 is 1.16 bits per heavy atom. The van der Waals surface area contributed by atoms with Crippen LogP contribution in [0.4, 0.5) is 0 Å². The van der Waals surface area contributed by atoms with E-state index in [4.69, 9.17) is 4.74 Å². The van der Waals surface area contributed by atoms with Gasteiger partial charge in [-0.05, 0) is 78.3 Å². The molecule has 3 aromatic rings. The maximum absolute atomic E-state index is 13.9. The van der Waals surface area contributed by atoms with Gasteiger partial charge in [0, 0.05) is 40.2 Å².